The number of benzene rings is 1. The molecule has 0 aliphatic carbocycles. The van der Waals surface area contributed by atoms with Crippen LogP contribution in [-0.4, -0.2) is 29.4 Å². The molecule has 0 saturated heterocycles. The van der Waals surface area contributed by atoms with Gasteiger partial charge in [0.25, 0.3) is 5.91 Å². The van der Waals surface area contributed by atoms with Gasteiger partial charge in [0.2, 0.25) is 5.91 Å². The van der Waals surface area contributed by atoms with Gasteiger partial charge in [0.15, 0.2) is 0 Å². The largest absolute Gasteiger partial charge is 0.341 e. The van der Waals surface area contributed by atoms with E-state index in [0.29, 0.717) is 12.1 Å². The lowest BCUT2D eigenvalue weighted by molar-refractivity contribution is -0.119. The molecule has 0 unspecified atom stereocenters. The summed E-state index contributed by atoms with van der Waals surface area (Å²) < 4.78 is 0. The van der Waals surface area contributed by atoms with Crippen molar-refractivity contribution in [1.29, 1.82) is 0 Å². The zero-order chi connectivity index (χ0) is 15.5. The normalized spacial score (nSPS) is 14.3. The average Bonchev–Trinajstić information content (AvgIpc) is 2.99. The van der Waals surface area contributed by atoms with Crippen molar-refractivity contribution in [1.82, 2.24) is 10.3 Å². The number of hydrogen-bond acceptors (Lipinski definition) is 3. The van der Waals surface area contributed by atoms with E-state index in [2.05, 4.69) is 10.3 Å². The van der Waals surface area contributed by atoms with Crippen LogP contribution in [-0.2, 0) is 11.2 Å². The van der Waals surface area contributed by atoms with Gasteiger partial charge < -0.3 is 10.2 Å². The van der Waals surface area contributed by atoms with E-state index in [1.54, 1.807) is 36.4 Å². The first kappa shape index (κ1) is 14.3. The second-order valence-electron chi connectivity index (χ2n) is 5.30. The molecule has 2 amide bonds. The number of nitrogens with one attached hydrogen (secondary N) is 1. The lowest BCUT2D eigenvalue weighted by Gasteiger charge is -2.22. The lowest BCUT2D eigenvalue weighted by Crippen LogP contribution is -2.46. The van der Waals surface area contributed by atoms with Gasteiger partial charge in [-0.1, -0.05) is 18.2 Å². The maximum atomic E-state index is 12.6. The fraction of sp³-hybridized carbons (Fsp3) is 0.235. The van der Waals surface area contributed by atoms with Crippen LogP contribution in [0.4, 0.5) is 5.69 Å². The van der Waals surface area contributed by atoms with Crippen LogP contribution in [0.5, 0.6) is 0 Å². The van der Waals surface area contributed by atoms with Crippen molar-refractivity contribution in [2.24, 2.45) is 0 Å². The zero-order valence-electron chi connectivity index (χ0n) is 12.3. The van der Waals surface area contributed by atoms with Gasteiger partial charge in [0, 0.05) is 30.2 Å². The number of nitrogens with zero attached hydrogens (tertiary/aromatic N) is 2. The van der Waals surface area contributed by atoms with Crippen LogP contribution >= 0.6 is 0 Å². The first-order chi connectivity index (χ1) is 10.7. The van der Waals surface area contributed by atoms with Gasteiger partial charge in [0.1, 0.15) is 6.04 Å². The third kappa shape index (κ3) is 2.70. The molecule has 0 saturated carbocycles. The summed E-state index contributed by atoms with van der Waals surface area (Å²) in [5, 5.41) is 2.75. The molecule has 1 atom stereocenters. The van der Waals surface area contributed by atoms with E-state index >= 15 is 0 Å². The maximum Gasteiger partial charge on any atom is 0.252 e. The molecule has 2 aromatic rings. The first-order valence-corrected chi connectivity index (χ1v) is 7.27. The van der Waals surface area contributed by atoms with Gasteiger partial charge in [0.05, 0.1) is 0 Å². The summed E-state index contributed by atoms with van der Waals surface area (Å²) in [7, 11) is 0. The molecule has 5 heteroatoms. The second-order valence-corrected chi connectivity index (χ2v) is 5.30. The van der Waals surface area contributed by atoms with E-state index in [1.807, 2.05) is 24.3 Å². The van der Waals surface area contributed by atoms with Crippen molar-refractivity contribution in [3.05, 3.63) is 59.9 Å². The number of carbonyl (C=O) groups is 2. The highest BCUT2D eigenvalue weighted by Gasteiger charge is 2.28. The van der Waals surface area contributed by atoms with E-state index in [4.69, 9.17) is 0 Å². The Balaban J connectivity index is 1.70. The van der Waals surface area contributed by atoms with E-state index in [-0.39, 0.29) is 11.8 Å². The number of carbonyl (C=O) groups excluding carboxylic acids is 2. The SMILES string of the molecule is C[C@H](NC(=O)c1ccncc1)C(=O)N1CCc2ccccc21. The number of aromatic nitrogens is 1. The van der Waals surface area contributed by atoms with Crippen LogP contribution in [0, 0.1) is 0 Å². The number of hydrogen-bond donors (Lipinski definition) is 1. The van der Waals surface area contributed by atoms with E-state index < -0.39 is 6.04 Å². The van der Waals surface area contributed by atoms with Crippen LogP contribution < -0.4 is 10.2 Å². The van der Waals surface area contributed by atoms with Crippen molar-refractivity contribution >= 4 is 17.5 Å². The Morgan fingerprint density at radius 3 is 2.68 bits per heavy atom. The van der Waals surface area contributed by atoms with Gasteiger partial charge in [-0.25, -0.2) is 0 Å². The number of fused-ring (bicyclic) bond motifs is 1. The molecule has 2 heterocycles. The summed E-state index contributed by atoms with van der Waals surface area (Å²) in [4.78, 5) is 30.3. The molecular weight excluding hydrogens is 278 g/mol. The van der Waals surface area contributed by atoms with Crippen LogP contribution in [0.15, 0.2) is 48.8 Å². The zero-order valence-corrected chi connectivity index (χ0v) is 12.3. The number of rotatable bonds is 3. The van der Waals surface area contributed by atoms with Crippen molar-refractivity contribution in [2.45, 2.75) is 19.4 Å². The molecule has 1 aromatic heterocycles. The van der Waals surface area contributed by atoms with Gasteiger partial charge >= 0.3 is 0 Å². The first-order valence-electron chi connectivity index (χ1n) is 7.27. The Bertz CT molecular complexity index is 700. The Morgan fingerprint density at radius 1 is 1.18 bits per heavy atom. The third-order valence-corrected chi connectivity index (χ3v) is 3.81. The van der Waals surface area contributed by atoms with Crippen molar-refractivity contribution in [2.75, 3.05) is 11.4 Å². The molecule has 0 radical (unpaired) electrons. The quantitative estimate of drug-likeness (QED) is 0.939. The Labute approximate surface area is 129 Å². The molecule has 0 bridgehead atoms. The number of amides is 2. The predicted octanol–water partition coefficient (Wildman–Crippen LogP) is 1.79. The minimum absolute atomic E-state index is 0.0904. The maximum absolute atomic E-state index is 12.6. The Kier molecular flexibility index (Phi) is 3.87. The molecular formula is C17H17N3O2. The molecule has 3 rings (SSSR count). The molecule has 1 N–H and O–H groups in total. The monoisotopic (exact) mass is 295 g/mol. The molecule has 1 aliphatic heterocycles. The fourth-order valence-electron chi connectivity index (χ4n) is 2.65. The Morgan fingerprint density at radius 2 is 1.91 bits per heavy atom. The van der Waals surface area contributed by atoms with E-state index in [1.165, 1.54) is 5.56 Å². The topological polar surface area (TPSA) is 62.3 Å². The number of pyridine rings is 1. The number of anilines is 1. The smallest absolute Gasteiger partial charge is 0.252 e. The van der Waals surface area contributed by atoms with Crippen LogP contribution in [0.3, 0.4) is 0 Å². The van der Waals surface area contributed by atoms with Gasteiger partial charge in [-0.2, -0.15) is 0 Å². The van der Waals surface area contributed by atoms with Gasteiger partial charge in [-0.3, -0.25) is 14.6 Å². The molecule has 1 aliphatic rings. The molecule has 0 fully saturated rings. The van der Waals surface area contributed by atoms with Crippen molar-refractivity contribution in [3.63, 3.8) is 0 Å². The molecule has 1 aromatic carbocycles. The van der Waals surface area contributed by atoms with Crippen LogP contribution in [0.1, 0.15) is 22.8 Å². The van der Waals surface area contributed by atoms with Crippen molar-refractivity contribution < 1.29 is 9.59 Å². The van der Waals surface area contributed by atoms with Crippen molar-refractivity contribution in [3.8, 4) is 0 Å². The fourth-order valence-corrected chi connectivity index (χ4v) is 2.65. The predicted molar refractivity (Wildman–Crippen MR) is 83.7 cm³/mol. The molecule has 22 heavy (non-hydrogen) atoms. The highest BCUT2D eigenvalue weighted by molar-refractivity contribution is 6.03. The number of para-hydroxylation sites is 1. The summed E-state index contributed by atoms with van der Waals surface area (Å²) >= 11 is 0. The standard InChI is InChI=1S/C17H17N3O2/c1-12(19-16(21)14-6-9-18-10-7-14)17(22)20-11-8-13-4-2-3-5-15(13)20/h2-7,9-10,12H,8,11H2,1H3,(H,19,21)/t12-/m0/s1. The summed E-state index contributed by atoms with van der Waals surface area (Å²) in [6.45, 7) is 2.37. The van der Waals surface area contributed by atoms with E-state index in [9.17, 15) is 9.59 Å². The molecule has 5 nitrogen and oxygen atoms in total. The minimum Gasteiger partial charge on any atom is -0.341 e. The molecule has 112 valence electrons. The molecule has 0 spiro atoms. The Hall–Kier alpha value is -2.69. The average molecular weight is 295 g/mol. The summed E-state index contributed by atoms with van der Waals surface area (Å²) in [5.74, 6) is -0.358. The third-order valence-electron chi connectivity index (χ3n) is 3.81. The highest BCUT2D eigenvalue weighted by Crippen LogP contribution is 2.27. The summed E-state index contributed by atoms with van der Waals surface area (Å²) in [6.07, 6.45) is 3.96. The van der Waals surface area contributed by atoms with Gasteiger partial charge in [-0.05, 0) is 37.1 Å². The second kappa shape index (κ2) is 5.97. The highest BCUT2D eigenvalue weighted by atomic mass is 16.2. The van der Waals surface area contributed by atoms with Gasteiger partial charge in [-0.15, -0.1) is 0 Å². The van der Waals surface area contributed by atoms with Crippen LogP contribution in [0.25, 0.3) is 0 Å². The minimum atomic E-state index is -0.577. The van der Waals surface area contributed by atoms with E-state index in [0.717, 1.165) is 12.1 Å². The van der Waals surface area contributed by atoms with Crippen LogP contribution in [0.2, 0.25) is 0 Å². The lowest BCUT2D eigenvalue weighted by atomic mass is 10.2. The summed E-state index contributed by atoms with van der Waals surface area (Å²) in [6, 6.07) is 10.5. The summed E-state index contributed by atoms with van der Waals surface area (Å²) in [5.41, 5.74) is 2.61.